The number of amides is 6. The van der Waals surface area contributed by atoms with E-state index in [0.29, 0.717) is 12.8 Å². The molecule has 64 heavy (non-hydrogen) atoms. The molecule has 19 heteroatoms. The number of hydrogen-bond acceptors (Lipinski definition) is 11. The molecule has 0 spiro atoms. The summed E-state index contributed by atoms with van der Waals surface area (Å²) in [5.74, 6) is -10.1. The zero-order chi connectivity index (χ0) is 47.5. The zero-order valence-corrected chi connectivity index (χ0v) is 37.2. The van der Waals surface area contributed by atoms with Crippen LogP contribution in [0.5, 0.6) is 0 Å². The predicted octanol–water partition coefficient (Wildman–Crippen LogP) is 2.11. The molecule has 3 rings (SSSR count). The molecule has 350 valence electrons. The van der Waals surface area contributed by atoms with Crippen LogP contribution in [0.3, 0.4) is 0 Å². The summed E-state index contributed by atoms with van der Waals surface area (Å²) < 4.78 is 11.8. The first kappa shape index (κ1) is 52.0. The van der Waals surface area contributed by atoms with Crippen LogP contribution in [0, 0.1) is 11.8 Å². The Bertz CT molecular complexity index is 1920. The number of rotatable bonds is 24. The molecule has 1 saturated heterocycles. The second-order valence-electron chi connectivity index (χ2n) is 16.2. The van der Waals surface area contributed by atoms with Gasteiger partial charge < -0.3 is 40.5 Å². The van der Waals surface area contributed by atoms with E-state index in [1.807, 2.05) is 67.6 Å². The summed E-state index contributed by atoms with van der Waals surface area (Å²) in [7, 11) is 0. The van der Waals surface area contributed by atoms with Crippen LogP contribution < -0.4 is 21.4 Å². The zero-order valence-electron chi connectivity index (χ0n) is 37.2. The summed E-state index contributed by atoms with van der Waals surface area (Å²) in [4.78, 5) is 119. The van der Waals surface area contributed by atoms with E-state index >= 15 is 0 Å². The third-order valence-corrected chi connectivity index (χ3v) is 10.6. The Balaban J connectivity index is 1.87. The third kappa shape index (κ3) is 16.4. The molecule has 0 bridgehead atoms. The van der Waals surface area contributed by atoms with Crippen molar-refractivity contribution >= 4 is 53.4 Å². The fourth-order valence-corrected chi connectivity index (χ4v) is 6.95. The van der Waals surface area contributed by atoms with Gasteiger partial charge in [0.15, 0.2) is 6.10 Å². The lowest BCUT2D eigenvalue weighted by molar-refractivity contribution is -0.164. The Morgan fingerprint density at radius 2 is 1.39 bits per heavy atom. The van der Waals surface area contributed by atoms with Crippen molar-refractivity contribution in [2.24, 2.45) is 11.8 Å². The maximum Gasteiger partial charge on any atom is 0.330 e. The van der Waals surface area contributed by atoms with Crippen LogP contribution in [0.25, 0.3) is 0 Å². The Hall–Kier alpha value is -6.37. The van der Waals surface area contributed by atoms with Gasteiger partial charge in [-0.15, -0.1) is 0 Å². The highest BCUT2D eigenvalue weighted by molar-refractivity contribution is 5.96. The van der Waals surface area contributed by atoms with Gasteiger partial charge in [-0.1, -0.05) is 95.3 Å². The van der Waals surface area contributed by atoms with Crippen LogP contribution in [0.15, 0.2) is 60.7 Å². The van der Waals surface area contributed by atoms with Crippen molar-refractivity contribution in [2.75, 3.05) is 13.1 Å². The molecule has 0 saturated carbocycles. The number of esters is 1. The molecule has 2 aromatic rings. The smallest absolute Gasteiger partial charge is 0.330 e. The van der Waals surface area contributed by atoms with Gasteiger partial charge in [-0.3, -0.25) is 48.8 Å². The number of hydrogen-bond donors (Lipinski definition) is 6. The van der Waals surface area contributed by atoms with Crippen LogP contribution in [0.1, 0.15) is 91.2 Å². The Morgan fingerprint density at radius 3 is 1.94 bits per heavy atom. The number of aryl methyl sites for hydroxylation is 1. The number of hydrazine groups is 1. The lowest BCUT2D eigenvalue weighted by Gasteiger charge is -2.33. The minimum Gasteiger partial charge on any atom is -0.481 e. The second-order valence-corrected chi connectivity index (χ2v) is 16.2. The topological polar surface area (TPSA) is 267 Å². The molecule has 0 aromatic heterocycles. The molecule has 7 atom stereocenters. The molecule has 2 aromatic carbocycles. The van der Waals surface area contributed by atoms with Crippen molar-refractivity contribution in [1.82, 2.24) is 31.3 Å². The molecule has 1 heterocycles. The molecule has 1 aliphatic rings. The lowest BCUT2D eigenvalue weighted by Crippen LogP contribution is -2.59. The normalized spacial score (nSPS) is 16.9. The SMILES string of the molecule is CCCN(NC(=O)[C@H]1C[C@@H](OCc2ccccc2)CN1C(=O)[C@@H](NC(=O)[C@@H](OC(=O)[C@@H](CC(=O)O)NC(=O)[C@H](CC(=O)O)NC(C)=O)[C@H](C)CC)C(C)C)C(=O)CCc1ccccc1. The van der Waals surface area contributed by atoms with E-state index in [-0.39, 0.29) is 44.9 Å². The van der Waals surface area contributed by atoms with Crippen molar-refractivity contribution in [3.63, 3.8) is 0 Å². The van der Waals surface area contributed by atoms with Crippen LogP contribution in [0.4, 0.5) is 0 Å². The molecule has 6 N–H and O–H groups in total. The minimum atomic E-state index is -1.91. The van der Waals surface area contributed by atoms with Crippen LogP contribution in [0.2, 0.25) is 0 Å². The number of carbonyl (C=O) groups is 9. The van der Waals surface area contributed by atoms with E-state index in [2.05, 4.69) is 21.4 Å². The maximum absolute atomic E-state index is 14.6. The first-order valence-corrected chi connectivity index (χ1v) is 21.5. The van der Waals surface area contributed by atoms with Crippen LogP contribution in [-0.2, 0) is 65.7 Å². The lowest BCUT2D eigenvalue weighted by atomic mass is 9.98. The van der Waals surface area contributed by atoms with Crippen LogP contribution in [-0.4, -0.2) is 123 Å². The Morgan fingerprint density at radius 1 is 0.797 bits per heavy atom. The third-order valence-electron chi connectivity index (χ3n) is 10.6. The molecule has 0 unspecified atom stereocenters. The van der Waals surface area contributed by atoms with Gasteiger partial charge in [-0.05, 0) is 36.3 Å². The molecule has 0 radical (unpaired) electrons. The Labute approximate surface area is 372 Å². The number of carboxylic acids is 2. The van der Waals surface area contributed by atoms with Gasteiger partial charge in [0.1, 0.15) is 24.2 Å². The van der Waals surface area contributed by atoms with Gasteiger partial charge in [-0.2, -0.15) is 0 Å². The van der Waals surface area contributed by atoms with Gasteiger partial charge in [0.05, 0.1) is 25.6 Å². The average molecular weight is 895 g/mol. The summed E-state index contributed by atoms with van der Waals surface area (Å²) in [6, 6.07) is 12.7. The Kier molecular flexibility index (Phi) is 20.8. The van der Waals surface area contributed by atoms with Gasteiger partial charge in [0.25, 0.3) is 11.8 Å². The largest absolute Gasteiger partial charge is 0.481 e. The highest BCUT2D eigenvalue weighted by Crippen LogP contribution is 2.25. The number of ether oxygens (including phenoxy) is 2. The fraction of sp³-hybridized carbons (Fsp3) is 0.533. The van der Waals surface area contributed by atoms with Crippen molar-refractivity contribution in [3.05, 3.63) is 71.8 Å². The standard InChI is InChI=1S/C45H62N6O13/c1-7-21-51(36(53)20-19-30-15-11-9-12-16-30)49-42(59)35-22-32(63-26-31-17-13-10-14-18-31)25-50(35)44(61)39(27(3)4)48-43(60)40(28(5)8-2)64-45(62)34(24-38(56)57)47-41(58)33(23-37(54)55)46-29(6)52/h9-18,27-28,32-35,39-40H,7-8,19-26H2,1-6H3,(H,46,52)(H,47,58)(H,48,60)(H,49,59)(H,54,55)(H,56,57)/t28-,32-,33+,34-,35-,39+,40+/m1/s1. The molecular weight excluding hydrogens is 833 g/mol. The molecule has 0 aliphatic carbocycles. The molecule has 19 nitrogen and oxygen atoms in total. The molecular formula is C45H62N6O13. The second kappa shape index (κ2) is 25.7. The van der Waals surface area contributed by atoms with Gasteiger partial charge in [-0.25, -0.2) is 4.79 Å². The van der Waals surface area contributed by atoms with E-state index in [1.165, 1.54) is 9.91 Å². The number of carbonyl (C=O) groups excluding carboxylic acids is 7. The predicted molar refractivity (Wildman–Crippen MR) is 230 cm³/mol. The van der Waals surface area contributed by atoms with Crippen molar-refractivity contribution in [1.29, 1.82) is 0 Å². The van der Waals surface area contributed by atoms with Crippen molar-refractivity contribution in [3.8, 4) is 0 Å². The van der Waals surface area contributed by atoms with Crippen LogP contribution >= 0.6 is 0 Å². The van der Waals surface area contributed by atoms with E-state index in [9.17, 15) is 53.4 Å². The van der Waals surface area contributed by atoms with E-state index in [1.54, 1.807) is 27.7 Å². The van der Waals surface area contributed by atoms with Gasteiger partial charge in [0, 0.05) is 38.8 Å². The summed E-state index contributed by atoms with van der Waals surface area (Å²) in [6.07, 6.45) is -2.71. The summed E-state index contributed by atoms with van der Waals surface area (Å²) in [5, 5.41) is 27.0. The summed E-state index contributed by atoms with van der Waals surface area (Å²) >= 11 is 0. The maximum atomic E-state index is 14.6. The fourth-order valence-electron chi connectivity index (χ4n) is 6.95. The number of carboxylic acid groups (broad SMARTS) is 2. The van der Waals surface area contributed by atoms with E-state index in [4.69, 9.17) is 9.47 Å². The average Bonchev–Trinajstić information content (AvgIpc) is 3.69. The monoisotopic (exact) mass is 894 g/mol. The minimum absolute atomic E-state index is 0.0414. The highest BCUT2D eigenvalue weighted by Gasteiger charge is 2.45. The molecule has 6 amide bonds. The van der Waals surface area contributed by atoms with E-state index in [0.717, 1.165) is 18.1 Å². The number of benzene rings is 2. The van der Waals surface area contributed by atoms with E-state index < -0.39 is 108 Å². The number of nitrogens with zero attached hydrogens (tertiary/aromatic N) is 2. The molecule has 1 aliphatic heterocycles. The number of likely N-dealkylation sites (tertiary alicyclic amines) is 1. The van der Waals surface area contributed by atoms with Crippen molar-refractivity contribution in [2.45, 2.75) is 129 Å². The first-order chi connectivity index (χ1) is 30.3. The summed E-state index contributed by atoms with van der Waals surface area (Å²) in [6.45, 7) is 9.85. The van der Waals surface area contributed by atoms with Crippen molar-refractivity contribution < 1.29 is 62.8 Å². The number of aliphatic carboxylic acids is 2. The van der Waals surface area contributed by atoms with Gasteiger partial charge >= 0.3 is 17.9 Å². The quantitative estimate of drug-likeness (QED) is 0.0652. The molecule has 1 fully saturated rings. The summed E-state index contributed by atoms with van der Waals surface area (Å²) in [5.41, 5.74) is 4.55. The number of nitrogens with one attached hydrogen (secondary N) is 4. The highest BCUT2D eigenvalue weighted by atomic mass is 16.6. The first-order valence-electron chi connectivity index (χ1n) is 21.5. The van der Waals surface area contributed by atoms with Gasteiger partial charge in [0.2, 0.25) is 23.6 Å².